The number of hydrogen-bond donors (Lipinski definition) is 5. The summed E-state index contributed by atoms with van der Waals surface area (Å²) in [5, 5.41) is 46.7. The topological polar surface area (TPSA) is 184 Å². The molecule has 282 valence electrons. The Morgan fingerprint density at radius 3 is 1.57 bits per heavy atom. The normalized spacial score (nSPS) is 19.7. The summed E-state index contributed by atoms with van der Waals surface area (Å²) >= 11 is 0. The van der Waals surface area contributed by atoms with Gasteiger partial charge in [0.25, 0.3) is 0 Å². The molecule has 0 heterocycles. The molecule has 0 radical (unpaired) electrons. The van der Waals surface area contributed by atoms with Crippen LogP contribution in [0.1, 0.15) is 32.1 Å². The number of aliphatic hydroxyl groups is 5. The fraction of sp³-hybridized carbons (Fsp3) is 1.00. The van der Waals surface area contributed by atoms with Gasteiger partial charge in [-0.05, 0) is 32.1 Å². The summed E-state index contributed by atoms with van der Waals surface area (Å²) in [6.45, 7) is -6.11. The minimum atomic E-state index is -5.47. The summed E-state index contributed by atoms with van der Waals surface area (Å²) in [5.41, 5.74) is 0. The number of alkyl halides is 6. The van der Waals surface area contributed by atoms with E-state index in [1.54, 1.807) is 0 Å². The Hall–Kier alpha value is -0.980. The van der Waals surface area contributed by atoms with Gasteiger partial charge in [0.1, 0.15) is 31.5 Å². The van der Waals surface area contributed by atoms with E-state index in [1.165, 1.54) is 0 Å². The first-order chi connectivity index (χ1) is 22.2. The molecule has 0 bridgehead atoms. The van der Waals surface area contributed by atoms with Crippen molar-refractivity contribution >= 4 is 0 Å². The molecule has 0 aromatic heterocycles. The zero-order valence-corrected chi connectivity index (χ0v) is 26.0. The van der Waals surface area contributed by atoms with Crippen LogP contribution in [-0.4, -0.2) is 167 Å². The van der Waals surface area contributed by atoms with Gasteiger partial charge in [0.05, 0.1) is 65.1 Å². The van der Waals surface area contributed by atoms with Gasteiger partial charge in [-0.3, -0.25) is 0 Å². The lowest BCUT2D eigenvalue weighted by atomic mass is 10.2. The van der Waals surface area contributed by atoms with E-state index in [2.05, 4.69) is 18.9 Å². The molecule has 5 unspecified atom stereocenters. The lowest BCUT2D eigenvalue weighted by Gasteiger charge is -2.26. The third-order valence-corrected chi connectivity index (χ3v) is 5.98. The summed E-state index contributed by atoms with van der Waals surface area (Å²) in [6, 6.07) is 0. The molecule has 5 N–H and O–H groups in total. The predicted octanol–water partition coefficient (Wildman–Crippen LogP) is 0.640. The predicted molar refractivity (Wildman–Crippen MR) is 146 cm³/mol. The van der Waals surface area contributed by atoms with Crippen LogP contribution in [0.2, 0.25) is 0 Å². The lowest BCUT2D eigenvalue weighted by Crippen LogP contribution is -2.44. The van der Waals surface area contributed by atoms with Crippen molar-refractivity contribution in [2.75, 3.05) is 92.5 Å². The third kappa shape index (κ3) is 23.1. The first-order valence-corrected chi connectivity index (χ1v) is 15.1. The zero-order valence-electron chi connectivity index (χ0n) is 26.0. The Kier molecular flexibility index (Phi) is 22.7. The highest BCUT2D eigenvalue weighted by Gasteiger charge is 2.52. The zero-order chi connectivity index (χ0) is 35.2. The molecule has 1 aliphatic rings. The van der Waals surface area contributed by atoms with Crippen LogP contribution in [0.5, 0.6) is 0 Å². The van der Waals surface area contributed by atoms with Gasteiger partial charge in [-0.2, -0.15) is 17.6 Å². The molecule has 0 aromatic rings. The maximum Gasteiger partial charge on any atom is 0.495 e. The number of rotatable bonds is 31. The molecule has 14 nitrogen and oxygen atoms in total. The molecule has 0 aliphatic heterocycles. The second-order valence-corrected chi connectivity index (χ2v) is 10.5. The van der Waals surface area contributed by atoms with Gasteiger partial charge < -0.3 is 58.7 Å². The van der Waals surface area contributed by atoms with Gasteiger partial charge in [-0.1, -0.05) is 0 Å². The van der Waals surface area contributed by atoms with Crippen LogP contribution in [0.4, 0.5) is 26.3 Å². The molecular formula is C27H48F6O14. The molecule has 0 aromatic carbocycles. The fourth-order valence-electron chi connectivity index (χ4n) is 3.95. The average Bonchev–Trinajstić information content (AvgIpc) is 3.42. The van der Waals surface area contributed by atoms with E-state index < -0.39 is 69.9 Å². The Labute approximate surface area is 268 Å². The van der Waals surface area contributed by atoms with Crippen molar-refractivity contribution in [3.05, 3.63) is 0 Å². The maximum atomic E-state index is 13.8. The Bertz CT molecular complexity index is 775. The van der Waals surface area contributed by atoms with Crippen molar-refractivity contribution in [2.24, 2.45) is 0 Å². The van der Waals surface area contributed by atoms with Gasteiger partial charge >= 0.3 is 18.5 Å². The second-order valence-electron chi connectivity index (χ2n) is 10.5. The van der Waals surface area contributed by atoms with Crippen LogP contribution in [0.3, 0.4) is 0 Å². The van der Waals surface area contributed by atoms with Crippen molar-refractivity contribution in [3.63, 3.8) is 0 Å². The molecule has 1 aliphatic carbocycles. The summed E-state index contributed by atoms with van der Waals surface area (Å²) in [6.07, 6.45) is -15.8. The van der Waals surface area contributed by atoms with E-state index in [0.717, 1.165) is 19.3 Å². The second kappa shape index (κ2) is 24.2. The van der Waals surface area contributed by atoms with Gasteiger partial charge in [0.2, 0.25) is 0 Å². The van der Waals surface area contributed by atoms with E-state index >= 15 is 0 Å². The SMILES string of the molecule is OCCCOCC(O)COCC(O)COCC(F)(F)OC(F)(F)OC(F)(F)COCCOCC(O)COC1CCCC1OCCCO. The van der Waals surface area contributed by atoms with Gasteiger partial charge in [0, 0.05) is 26.4 Å². The molecule has 0 saturated heterocycles. The fourth-order valence-corrected chi connectivity index (χ4v) is 3.95. The lowest BCUT2D eigenvalue weighted by molar-refractivity contribution is -0.518. The Morgan fingerprint density at radius 2 is 0.979 bits per heavy atom. The van der Waals surface area contributed by atoms with E-state index in [4.69, 9.17) is 33.9 Å². The smallest absolute Gasteiger partial charge is 0.396 e. The van der Waals surface area contributed by atoms with Crippen LogP contribution in [-0.2, 0) is 42.6 Å². The van der Waals surface area contributed by atoms with Crippen molar-refractivity contribution < 1.29 is 94.5 Å². The molecular weight excluding hydrogens is 662 g/mol. The monoisotopic (exact) mass is 710 g/mol. The number of halogens is 6. The molecule has 0 spiro atoms. The van der Waals surface area contributed by atoms with Crippen LogP contribution in [0.25, 0.3) is 0 Å². The first kappa shape index (κ1) is 44.0. The largest absolute Gasteiger partial charge is 0.495 e. The van der Waals surface area contributed by atoms with Gasteiger partial charge in [0.15, 0.2) is 0 Å². The van der Waals surface area contributed by atoms with Crippen LogP contribution in [0.15, 0.2) is 0 Å². The highest BCUT2D eigenvalue weighted by atomic mass is 19.3. The number of ether oxygens (including phenoxy) is 9. The highest BCUT2D eigenvalue weighted by molar-refractivity contribution is 4.79. The third-order valence-electron chi connectivity index (χ3n) is 5.98. The van der Waals surface area contributed by atoms with Crippen molar-refractivity contribution in [3.8, 4) is 0 Å². The van der Waals surface area contributed by atoms with E-state index in [1.807, 2.05) is 0 Å². The minimum Gasteiger partial charge on any atom is -0.396 e. The van der Waals surface area contributed by atoms with E-state index in [9.17, 15) is 41.7 Å². The summed E-state index contributed by atoms with van der Waals surface area (Å²) in [7, 11) is 0. The summed E-state index contributed by atoms with van der Waals surface area (Å²) in [4.78, 5) is 0. The van der Waals surface area contributed by atoms with Crippen LogP contribution in [0, 0.1) is 0 Å². The first-order valence-electron chi connectivity index (χ1n) is 15.1. The molecule has 47 heavy (non-hydrogen) atoms. The standard InChI is InChI=1S/C27H48F6O14/c28-25(29,18-41-11-10-40-13-22(38)17-45-24-5-1-4-23(24)44-9-3-7-35)46-27(32,33)47-26(30,31)19-43-16-21(37)15-42-14-20(36)12-39-8-2-6-34/h20-24,34-38H,1-19H2. The number of hydrogen-bond acceptors (Lipinski definition) is 14. The quantitative estimate of drug-likeness (QED) is 0.0384. The van der Waals surface area contributed by atoms with Crippen molar-refractivity contribution in [1.82, 2.24) is 0 Å². The molecule has 1 saturated carbocycles. The Balaban J connectivity index is 2.19. The van der Waals surface area contributed by atoms with Crippen molar-refractivity contribution in [1.29, 1.82) is 0 Å². The van der Waals surface area contributed by atoms with Gasteiger partial charge in [-0.25, -0.2) is 9.47 Å². The molecule has 1 rings (SSSR count). The average molecular weight is 711 g/mol. The maximum absolute atomic E-state index is 13.8. The Morgan fingerprint density at radius 1 is 0.532 bits per heavy atom. The van der Waals surface area contributed by atoms with Gasteiger partial charge in [-0.15, -0.1) is 8.78 Å². The minimum absolute atomic E-state index is 0.00499. The molecule has 20 heteroatoms. The molecule has 1 fully saturated rings. The number of aliphatic hydroxyl groups excluding tert-OH is 5. The summed E-state index contributed by atoms with van der Waals surface area (Å²) in [5.74, 6) is 0. The van der Waals surface area contributed by atoms with E-state index in [-0.39, 0.29) is 65.1 Å². The summed E-state index contributed by atoms with van der Waals surface area (Å²) < 4.78 is 124. The van der Waals surface area contributed by atoms with Crippen LogP contribution < -0.4 is 0 Å². The molecule has 0 amide bonds. The van der Waals surface area contributed by atoms with Crippen LogP contribution >= 0.6 is 0 Å². The van der Waals surface area contributed by atoms with Crippen molar-refractivity contribution in [2.45, 2.75) is 81.1 Å². The van der Waals surface area contributed by atoms with E-state index in [0.29, 0.717) is 19.4 Å². The molecule has 5 atom stereocenters. The highest BCUT2D eigenvalue weighted by Crippen LogP contribution is 2.33.